The van der Waals surface area contributed by atoms with Crippen molar-refractivity contribution in [1.82, 2.24) is 0 Å². The molecule has 0 fully saturated rings. The highest BCUT2D eigenvalue weighted by molar-refractivity contribution is 4.81. The molecule has 0 aromatic heterocycles. The second kappa shape index (κ2) is 25.0. The molecule has 0 aliphatic carbocycles. The lowest BCUT2D eigenvalue weighted by molar-refractivity contribution is 0.474. The van der Waals surface area contributed by atoms with Crippen LogP contribution in [-0.2, 0) is 0 Å². The summed E-state index contributed by atoms with van der Waals surface area (Å²) < 4.78 is 0. The normalized spacial score (nSPS) is 13.0. The molecule has 0 rings (SSSR count). The van der Waals surface area contributed by atoms with Gasteiger partial charge in [-0.2, -0.15) is 0 Å². The van der Waals surface area contributed by atoms with Crippen LogP contribution in [0.25, 0.3) is 0 Å². The van der Waals surface area contributed by atoms with Crippen molar-refractivity contribution in [3.05, 3.63) is 12.2 Å². The van der Waals surface area contributed by atoms with Crippen LogP contribution in [0.3, 0.4) is 0 Å². The molecule has 0 saturated heterocycles. The molecule has 0 aromatic carbocycles. The zero-order valence-corrected chi connectivity index (χ0v) is 21.4. The Labute approximate surface area is 192 Å². The molecule has 0 heterocycles. The van der Waals surface area contributed by atoms with Crippen LogP contribution in [0.2, 0.25) is 0 Å². The Bertz CT molecular complexity index is 333. The monoisotopic (exact) mass is 421 g/mol. The lowest BCUT2D eigenvalue weighted by Gasteiger charge is -2.11. The smallest absolute Gasteiger partial charge is 0.00388 e. The summed E-state index contributed by atoms with van der Waals surface area (Å²) in [6.45, 7) is 6.94. The van der Waals surface area contributed by atoms with E-state index >= 15 is 0 Å². The molecule has 30 heavy (non-hydrogen) atoms. The van der Waals surface area contributed by atoms with Gasteiger partial charge in [-0.25, -0.2) is 0 Å². The van der Waals surface area contributed by atoms with E-state index in [0.29, 0.717) is 6.04 Å². The average molecular weight is 422 g/mol. The minimum absolute atomic E-state index is 0.458. The van der Waals surface area contributed by atoms with Gasteiger partial charge in [0.2, 0.25) is 0 Å². The lowest BCUT2D eigenvalue weighted by atomic mass is 10.00. The van der Waals surface area contributed by atoms with E-state index in [4.69, 9.17) is 5.73 Å². The molecule has 0 spiro atoms. The summed E-state index contributed by atoms with van der Waals surface area (Å²) in [6.07, 6.45) is 35.1. The topological polar surface area (TPSA) is 26.0 Å². The van der Waals surface area contributed by atoms with Gasteiger partial charge in [0.25, 0.3) is 0 Å². The summed E-state index contributed by atoms with van der Waals surface area (Å²) in [7, 11) is 0. The Kier molecular flexibility index (Phi) is 24.7. The van der Waals surface area contributed by atoms with E-state index in [1.807, 2.05) is 0 Å². The first-order chi connectivity index (χ1) is 14.7. The number of hydrogen-bond donors (Lipinski definition) is 1. The van der Waals surface area contributed by atoms with Crippen molar-refractivity contribution in [3.8, 4) is 0 Å². The molecule has 1 heteroatoms. The van der Waals surface area contributed by atoms with E-state index < -0.39 is 0 Å². The van der Waals surface area contributed by atoms with Crippen LogP contribution in [-0.4, -0.2) is 6.04 Å². The molecule has 0 radical (unpaired) electrons. The zero-order valence-electron chi connectivity index (χ0n) is 21.4. The largest absolute Gasteiger partial charge is 0.328 e. The molecule has 180 valence electrons. The maximum Gasteiger partial charge on any atom is 0.00388 e. The number of hydrogen-bond acceptors (Lipinski definition) is 1. The molecule has 0 aliphatic rings. The van der Waals surface area contributed by atoms with Gasteiger partial charge in [0, 0.05) is 6.04 Å². The van der Waals surface area contributed by atoms with Crippen LogP contribution in [0.1, 0.15) is 162 Å². The molecule has 0 aliphatic heterocycles. The molecule has 1 unspecified atom stereocenters. The molecule has 2 N–H and O–H groups in total. The minimum atomic E-state index is 0.458. The fourth-order valence-corrected chi connectivity index (χ4v) is 4.29. The molecular formula is C29H59N. The van der Waals surface area contributed by atoms with Crippen molar-refractivity contribution >= 4 is 0 Å². The first-order valence-electron chi connectivity index (χ1n) is 14.1. The van der Waals surface area contributed by atoms with Gasteiger partial charge in [-0.15, -0.1) is 0 Å². The predicted molar refractivity (Wildman–Crippen MR) is 139 cm³/mol. The highest BCUT2D eigenvalue weighted by Gasteiger charge is 2.02. The van der Waals surface area contributed by atoms with E-state index in [0.717, 1.165) is 5.92 Å². The molecule has 1 atom stereocenters. The van der Waals surface area contributed by atoms with E-state index in [1.54, 1.807) is 0 Å². The van der Waals surface area contributed by atoms with Crippen molar-refractivity contribution in [3.63, 3.8) is 0 Å². The third-order valence-electron chi connectivity index (χ3n) is 6.44. The van der Waals surface area contributed by atoms with Crippen LogP contribution < -0.4 is 5.73 Å². The van der Waals surface area contributed by atoms with Crippen molar-refractivity contribution in [1.29, 1.82) is 0 Å². The Balaban J connectivity index is 3.19. The van der Waals surface area contributed by atoms with Crippen LogP contribution in [0.5, 0.6) is 0 Å². The summed E-state index contributed by atoms with van der Waals surface area (Å²) in [6, 6.07) is 0.458. The van der Waals surface area contributed by atoms with Crippen molar-refractivity contribution < 1.29 is 0 Å². The Morgan fingerprint density at radius 2 is 0.867 bits per heavy atom. The van der Waals surface area contributed by atoms with Crippen molar-refractivity contribution in [2.45, 2.75) is 168 Å². The Morgan fingerprint density at radius 3 is 1.30 bits per heavy atom. The highest BCUT2D eigenvalue weighted by atomic mass is 14.6. The fourth-order valence-electron chi connectivity index (χ4n) is 4.29. The number of unbranched alkanes of at least 4 members (excludes halogenated alkanes) is 16. The zero-order chi connectivity index (χ0) is 22.1. The van der Waals surface area contributed by atoms with Gasteiger partial charge in [-0.1, -0.05) is 136 Å². The first kappa shape index (κ1) is 29.7. The number of nitrogens with two attached hydrogens (primary N) is 1. The quantitative estimate of drug-likeness (QED) is 0.122. The number of allylic oxidation sites excluding steroid dienone is 2. The van der Waals surface area contributed by atoms with E-state index in [1.165, 1.54) is 141 Å². The Morgan fingerprint density at radius 1 is 0.500 bits per heavy atom. The van der Waals surface area contributed by atoms with E-state index in [-0.39, 0.29) is 0 Å². The van der Waals surface area contributed by atoms with Gasteiger partial charge in [-0.05, 0) is 44.4 Å². The lowest BCUT2D eigenvalue weighted by Crippen LogP contribution is -2.19. The van der Waals surface area contributed by atoms with Gasteiger partial charge in [0.1, 0.15) is 0 Å². The summed E-state index contributed by atoms with van der Waals surface area (Å²) >= 11 is 0. The first-order valence-corrected chi connectivity index (χ1v) is 14.1. The summed E-state index contributed by atoms with van der Waals surface area (Å²) in [5.41, 5.74) is 6.32. The van der Waals surface area contributed by atoms with Crippen LogP contribution >= 0.6 is 0 Å². The summed E-state index contributed by atoms with van der Waals surface area (Å²) in [5.74, 6) is 0.875. The molecular weight excluding hydrogens is 362 g/mol. The molecule has 0 aromatic rings. The van der Waals surface area contributed by atoms with Crippen LogP contribution in [0.15, 0.2) is 12.2 Å². The van der Waals surface area contributed by atoms with Crippen LogP contribution in [0, 0.1) is 5.92 Å². The van der Waals surface area contributed by atoms with E-state index in [2.05, 4.69) is 32.9 Å². The van der Waals surface area contributed by atoms with Gasteiger partial charge >= 0.3 is 0 Å². The third-order valence-corrected chi connectivity index (χ3v) is 6.44. The second-order valence-electron chi connectivity index (χ2n) is 10.2. The standard InChI is InChI=1S/C29H59N/c1-4-5-6-7-8-9-10-11-12-13-14-15-16-20-23-26-29(30)27-24-21-18-17-19-22-25-28(2)3/h9-10,28-29H,4-8,11-27,30H2,1-3H3. The minimum Gasteiger partial charge on any atom is -0.328 e. The SMILES string of the molecule is CCCCCCC=CCCCCCCCCCC(N)CCCCCCCCC(C)C. The number of rotatable bonds is 24. The van der Waals surface area contributed by atoms with Gasteiger partial charge in [-0.3, -0.25) is 0 Å². The predicted octanol–water partition coefficient (Wildman–Crippen LogP) is 10.1. The third kappa shape index (κ3) is 25.7. The molecule has 0 saturated carbocycles. The Hall–Kier alpha value is -0.300. The maximum absolute atomic E-state index is 6.32. The van der Waals surface area contributed by atoms with Gasteiger partial charge < -0.3 is 5.73 Å². The molecule has 0 bridgehead atoms. The van der Waals surface area contributed by atoms with Crippen LogP contribution in [0.4, 0.5) is 0 Å². The fraction of sp³-hybridized carbons (Fsp3) is 0.931. The van der Waals surface area contributed by atoms with Crippen molar-refractivity contribution in [2.24, 2.45) is 11.7 Å². The molecule has 0 amide bonds. The van der Waals surface area contributed by atoms with Gasteiger partial charge in [0.05, 0.1) is 0 Å². The average Bonchev–Trinajstić information content (AvgIpc) is 2.72. The molecule has 1 nitrogen and oxygen atoms in total. The second-order valence-corrected chi connectivity index (χ2v) is 10.2. The van der Waals surface area contributed by atoms with Crippen molar-refractivity contribution in [2.75, 3.05) is 0 Å². The highest BCUT2D eigenvalue weighted by Crippen LogP contribution is 2.15. The van der Waals surface area contributed by atoms with E-state index in [9.17, 15) is 0 Å². The maximum atomic E-state index is 6.32. The summed E-state index contributed by atoms with van der Waals surface area (Å²) in [4.78, 5) is 0. The summed E-state index contributed by atoms with van der Waals surface area (Å²) in [5, 5.41) is 0. The van der Waals surface area contributed by atoms with Gasteiger partial charge in [0.15, 0.2) is 0 Å².